The summed E-state index contributed by atoms with van der Waals surface area (Å²) in [6.45, 7) is 2.38. The number of aromatic nitrogens is 2. The maximum Gasteiger partial charge on any atom is 0.491 e. The van der Waals surface area contributed by atoms with Gasteiger partial charge in [-0.25, -0.2) is 4.79 Å². The van der Waals surface area contributed by atoms with Gasteiger partial charge in [0.25, 0.3) is 5.56 Å². The summed E-state index contributed by atoms with van der Waals surface area (Å²) in [5, 5.41) is 8.65. The topological polar surface area (TPSA) is 176 Å². The monoisotopic (exact) mass is 527 g/mol. The third kappa shape index (κ3) is 8.70. The van der Waals surface area contributed by atoms with Crippen LogP contribution < -0.4 is 32.4 Å². The largest absolute Gasteiger partial charge is 0.491 e. The van der Waals surface area contributed by atoms with Crippen LogP contribution in [0.4, 0.5) is 19.0 Å². The van der Waals surface area contributed by atoms with Crippen molar-refractivity contribution in [2.24, 2.45) is 16.6 Å². The third-order valence-electron chi connectivity index (χ3n) is 4.87. The van der Waals surface area contributed by atoms with Gasteiger partial charge < -0.3 is 31.7 Å². The van der Waals surface area contributed by atoms with Gasteiger partial charge in [-0.2, -0.15) is 18.2 Å². The molecular weight excluding hydrogens is 499 g/mol. The van der Waals surface area contributed by atoms with Crippen molar-refractivity contribution in [3.8, 4) is 5.88 Å². The van der Waals surface area contributed by atoms with Crippen LogP contribution in [0.5, 0.6) is 5.88 Å². The minimum absolute atomic E-state index is 0.0396. The molecule has 2 rings (SSSR count). The summed E-state index contributed by atoms with van der Waals surface area (Å²) in [7, 11) is 0. The normalized spacial score (nSPS) is 11.8. The molecule has 37 heavy (non-hydrogen) atoms. The Balaban J connectivity index is 2.39. The molecule has 1 amide bonds. The lowest BCUT2D eigenvalue weighted by molar-refractivity contribution is -0.190. The van der Waals surface area contributed by atoms with Crippen LogP contribution in [0, 0.1) is 6.92 Å². The van der Waals surface area contributed by atoms with Gasteiger partial charge in [-0.05, 0) is 24.1 Å². The average Bonchev–Trinajstić information content (AvgIpc) is 2.83. The molecule has 0 spiro atoms. The molecule has 0 saturated heterocycles. The Kier molecular flexibility index (Phi) is 10.3. The highest BCUT2D eigenvalue weighted by atomic mass is 19.4. The lowest BCUT2D eigenvalue weighted by Gasteiger charge is -2.21. The predicted molar refractivity (Wildman–Crippen MR) is 127 cm³/mol. The van der Waals surface area contributed by atoms with Crippen LogP contribution in [0.3, 0.4) is 0 Å². The van der Waals surface area contributed by atoms with E-state index in [1.165, 1.54) is 6.92 Å². The lowest BCUT2D eigenvalue weighted by atomic mass is 10.0. The number of benzene rings is 1. The average molecular weight is 528 g/mol. The van der Waals surface area contributed by atoms with Gasteiger partial charge in [-0.15, -0.1) is 0 Å². The van der Waals surface area contributed by atoms with Crippen molar-refractivity contribution in [2.75, 3.05) is 18.5 Å². The Labute approximate surface area is 209 Å². The standard InChI is InChI=1S/C22H28F3N7O5/c1-3-7-15(14-8-5-4-6-9-14)29-17-19(34)32(12-16(33)28-10-11-36-31-21(26)27)13(2)18(30-17)37-20(35)22(23,24)25/h4-6,8-9,15H,3,7,10-12H2,1-2H3,(H,28,33)(H,29,30)(H4,26,27,31). The third-order valence-corrected chi connectivity index (χ3v) is 4.87. The maximum atomic E-state index is 13.2. The second-order valence-corrected chi connectivity index (χ2v) is 7.73. The highest BCUT2D eigenvalue weighted by Crippen LogP contribution is 2.25. The quantitative estimate of drug-likeness (QED) is 0.104. The van der Waals surface area contributed by atoms with E-state index in [1.807, 2.05) is 19.1 Å². The SMILES string of the molecule is CCCC(Nc1nc(OC(=O)C(F)(F)F)c(C)n(CC(=O)NCCON=C(N)N)c1=O)c1ccccc1. The Hall–Kier alpha value is -4.30. The predicted octanol–water partition coefficient (Wildman–Crippen LogP) is 1.29. The van der Waals surface area contributed by atoms with Crippen molar-refractivity contribution < 1.29 is 32.3 Å². The first-order chi connectivity index (χ1) is 17.4. The van der Waals surface area contributed by atoms with Gasteiger partial charge in [0.15, 0.2) is 5.82 Å². The molecule has 1 unspecified atom stereocenters. The molecule has 0 aliphatic carbocycles. The van der Waals surface area contributed by atoms with E-state index in [4.69, 9.17) is 16.3 Å². The van der Waals surface area contributed by atoms with Crippen molar-refractivity contribution in [1.29, 1.82) is 0 Å². The Morgan fingerprint density at radius 1 is 1.22 bits per heavy atom. The summed E-state index contributed by atoms with van der Waals surface area (Å²) < 4.78 is 43.9. The molecule has 0 saturated carbocycles. The summed E-state index contributed by atoms with van der Waals surface area (Å²) in [5.41, 5.74) is 9.96. The molecule has 15 heteroatoms. The van der Waals surface area contributed by atoms with Crippen molar-refractivity contribution in [1.82, 2.24) is 14.9 Å². The zero-order valence-corrected chi connectivity index (χ0v) is 20.2. The number of oxime groups is 1. The number of nitrogens with zero attached hydrogens (tertiary/aromatic N) is 3. The van der Waals surface area contributed by atoms with Crippen LogP contribution in [0.25, 0.3) is 0 Å². The molecule has 0 aliphatic heterocycles. The molecular formula is C22H28F3N7O5. The van der Waals surface area contributed by atoms with Gasteiger partial charge in [0.05, 0.1) is 18.3 Å². The molecule has 1 atom stereocenters. The molecule has 1 heterocycles. The van der Waals surface area contributed by atoms with E-state index in [0.29, 0.717) is 12.8 Å². The highest BCUT2D eigenvalue weighted by Gasteiger charge is 2.42. The first-order valence-corrected chi connectivity index (χ1v) is 11.1. The van der Waals surface area contributed by atoms with Crippen LogP contribution >= 0.6 is 0 Å². The number of nitrogens with two attached hydrogens (primary N) is 2. The number of esters is 1. The first-order valence-electron chi connectivity index (χ1n) is 11.1. The van der Waals surface area contributed by atoms with E-state index < -0.39 is 42.1 Å². The van der Waals surface area contributed by atoms with Crippen molar-refractivity contribution >= 4 is 23.7 Å². The number of amides is 1. The van der Waals surface area contributed by atoms with Gasteiger partial charge in [0, 0.05) is 0 Å². The number of hydrogen-bond acceptors (Lipinski definition) is 8. The summed E-state index contributed by atoms with van der Waals surface area (Å²) in [5.74, 6) is -4.67. The summed E-state index contributed by atoms with van der Waals surface area (Å²) >= 11 is 0. The minimum Gasteiger partial charge on any atom is -0.399 e. The zero-order chi connectivity index (χ0) is 27.6. The number of ether oxygens (including phenoxy) is 1. The fraction of sp³-hybridized carbons (Fsp3) is 0.409. The summed E-state index contributed by atoms with van der Waals surface area (Å²) in [6.07, 6.45) is -4.05. The van der Waals surface area contributed by atoms with Crippen LogP contribution in [0.15, 0.2) is 40.3 Å². The van der Waals surface area contributed by atoms with Gasteiger partial charge >= 0.3 is 12.1 Å². The van der Waals surface area contributed by atoms with E-state index in [0.717, 1.165) is 10.1 Å². The van der Waals surface area contributed by atoms with Crippen molar-refractivity contribution in [2.45, 2.75) is 45.5 Å². The second kappa shape index (κ2) is 13.1. The molecule has 6 N–H and O–H groups in total. The fourth-order valence-electron chi connectivity index (χ4n) is 3.17. The molecule has 0 bridgehead atoms. The number of hydrogen-bond donors (Lipinski definition) is 4. The number of rotatable bonds is 12. The second-order valence-electron chi connectivity index (χ2n) is 7.73. The fourth-order valence-corrected chi connectivity index (χ4v) is 3.17. The van der Waals surface area contributed by atoms with Crippen LogP contribution in [-0.2, 0) is 21.0 Å². The van der Waals surface area contributed by atoms with E-state index in [9.17, 15) is 27.6 Å². The number of carbonyl (C=O) groups is 2. The highest BCUT2D eigenvalue weighted by molar-refractivity contribution is 5.78. The van der Waals surface area contributed by atoms with E-state index >= 15 is 0 Å². The van der Waals surface area contributed by atoms with Crippen LogP contribution in [0.2, 0.25) is 0 Å². The van der Waals surface area contributed by atoms with Gasteiger partial charge in [-0.3, -0.25) is 14.2 Å². The Morgan fingerprint density at radius 2 is 1.89 bits per heavy atom. The number of anilines is 1. The lowest BCUT2D eigenvalue weighted by Crippen LogP contribution is -2.37. The number of alkyl halides is 3. The van der Waals surface area contributed by atoms with Crippen molar-refractivity contribution in [3.05, 3.63) is 51.9 Å². The number of guanidine groups is 1. The molecule has 12 nitrogen and oxygen atoms in total. The van der Waals surface area contributed by atoms with Crippen molar-refractivity contribution in [3.63, 3.8) is 0 Å². The number of nitrogens with one attached hydrogen (secondary N) is 2. The summed E-state index contributed by atoms with van der Waals surface area (Å²) in [4.78, 5) is 45.7. The van der Waals surface area contributed by atoms with Gasteiger partial charge in [0.2, 0.25) is 17.7 Å². The number of carbonyl (C=O) groups excluding carboxylic acids is 2. The molecule has 1 aromatic heterocycles. The minimum atomic E-state index is -5.30. The van der Waals surface area contributed by atoms with E-state index in [1.54, 1.807) is 18.2 Å². The smallest absolute Gasteiger partial charge is 0.399 e. The molecule has 0 radical (unpaired) electrons. The van der Waals surface area contributed by atoms with Crippen LogP contribution in [0.1, 0.15) is 37.1 Å². The van der Waals surface area contributed by atoms with E-state index in [-0.39, 0.29) is 30.6 Å². The first kappa shape index (κ1) is 28.9. The van der Waals surface area contributed by atoms with Gasteiger partial charge in [0.1, 0.15) is 13.2 Å². The molecule has 0 fully saturated rings. The molecule has 202 valence electrons. The molecule has 0 aliphatic rings. The molecule has 2 aromatic rings. The maximum absolute atomic E-state index is 13.2. The van der Waals surface area contributed by atoms with Crippen LogP contribution in [-0.4, -0.2) is 46.7 Å². The number of halogens is 3. The zero-order valence-electron chi connectivity index (χ0n) is 20.2. The van der Waals surface area contributed by atoms with E-state index in [2.05, 4.69) is 25.5 Å². The molecule has 1 aromatic carbocycles. The Morgan fingerprint density at radius 3 is 2.49 bits per heavy atom. The summed E-state index contributed by atoms with van der Waals surface area (Å²) in [6, 6.07) is 8.57. The Bertz CT molecular complexity index is 1170. The van der Waals surface area contributed by atoms with Gasteiger partial charge in [-0.1, -0.05) is 43.7 Å².